The molecule has 1 fully saturated rings. The lowest BCUT2D eigenvalue weighted by Crippen LogP contribution is -2.45. The van der Waals surface area contributed by atoms with Crippen LogP contribution in [-0.4, -0.2) is 34.4 Å². The second kappa shape index (κ2) is 7.91. The number of hydrogen-bond donors (Lipinski definition) is 2. The number of hydrogen-bond acceptors (Lipinski definition) is 3. The van der Waals surface area contributed by atoms with Gasteiger partial charge in [-0.1, -0.05) is 42.5 Å². The van der Waals surface area contributed by atoms with E-state index in [0.717, 1.165) is 10.9 Å². The van der Waals surface area contributed by atoms with Gasteiger partial charge in [0.2, 0.25) is 5.91 Å². The van der Waals surface area contributed by atoms with Gasteiger partial charge < -0.3 is 15.3 Å². The van der Waals surface area contributed by atoms with Gasteiger partial charge in [-0.3, -0.25) is 9.59 Å². The molecule has 1 atom stereocenters. The molecule has 1 heterocycles. The van der Waals surface area contributed by atoms with Gasteiger partial charge >= 0.3 is 0 Å². The lowest BCUT2D eigenvalue weighted by atomic mass is 10.0. The monoisotopic (exact) mass is 392 g/mol. The molecule has 1 aliphatic heterocycles. The molecule has 1 aliphatic rings. The Balaban J connectivity index is 1.50. The molecule has 6 heteroatoms. The van der Waals surface area contributed by atoms with Crippen molar-refractivity contribution in [1.82, 2.24) is 10.2 Å². The Labute approximate surface area is 167 Å². The van der Waals surface area contributed by atoms with Gasteiger partial charge in [0.1, 0.15) is 17.6 Å². The summed E-state index contributed by atoms with van der Waals surface area (Å²) in [6, 6.07) is 16.0. The van der Waals surface area contributed by atoms with Crippen LogP contribution in [0.1, 0.15) is 28.8 Å². The van der Waals surface area contributed by atoms with E-state index < -0.39 is 6.04 Å². The highest BCUT2D eigenvalue weighted by atomic mass is 19.1. The Kier molecular flexibility index (Phi) is 5.16. The zero-order chi connectivity index (χ0) is 20.4. The number of carbonyl (C=O) groups excluding carboxylic acids is 2. The van der Waals surface area contributed by atoms with Gasteiger partial charge in [0.05, 0.1) is 5.56 Å². The smallest absolute Gasteiger partial charge is 0.258 e. The van der Waals surface area contributed by atoms with E-state index in [1.807, 2.05) is 12.1 Å². The van der Waals surface area contributed by atoms with Crippen LogP contribution < -0.4 is 5.32 Å². The summed E-state index contributed by atoms with van der Waals surface area (Å²) in [7, 11) is 0. The first kappa shape index (κ1) is 18.9. The highest BCUT2D eigenvalue weighted by Crippen LogP contribution is 2.31. The van der Waals surface area contributed by atoms with Crippen molar-refractivity contribution in [3.8, 4) is 5.75 Å². The second-order valence-electron chi connectivity index (χ2n) is 7.18. The summed E-state index contributed by atoms with van der Waals surface area (Å²) in [5, 5.41) is 14.9. The van der Waals surface area contributed by atoms with Crippen LogP contribution in [0.3, 0.4) is 0 Å². The molecule has 0 saturated carbocycles. The van der Waals surface area contributed by atoms with Crippen LogP contribution in [0, 0.1) is 5.82 Å². The van der Waals surface area contributed by atoms with Crippen LogP contribution in [0.5, 0.6) is 5.75 Å². The summed E-state index contributed by atoms with van der Waals surface area (Å²) < 4.78 is 13.0. The van der Waals surface area contributed by atoms with E-state index in [2.05, 4.69) is 5.32 Å². The van der Waals surface area contributed by atoms with E-state index in [1.54, 1.807) is 36.4 Å². The number of halogens is 1. The fourth-order valence-electron chi connectivity index (χ4n) is 3.77. The number of amides is 2. The minimum Gasteiger partial charge on any atom is -0.506 e. The van der Waals surface area contributed by atoms with Crippen LogP contribution in [0.15, 0.2) is 60.7 Å². The molecular formula is C23H21FN2O3. The fourth-order valence-corrected chi connectivity index (χ4v) is 3.77. The van der Waals surface area contributed by atoms with Crippen molar-refractivity contribution in [2.24, 2.45) is 0 Å². The minimum absolute atomic E-state index is 0.0644. The quantitative estimate of drug-likeness (QED) is 0.713. The van der Waals surface area contributed by atoms with Gasteiger partial charge in [-0.05, 0) is 42.0 Å². The summed E-state index contributed by atoms with van der Waals surface area (Å²) in [6.07, 6.45) is 1.28. The topological polar surface area (TPSA) is 69.6 Å². The van der Waals surface area contributed by atoms with Gasteiger partial charge in [-0.15, -0.1) is 0 Å². The summed E-state index contributed by atoms with van der Waals surface area (Å²) in [6.45, 7) is 0.721. The molecule has 1 unspecified atom stereocenters. The molecule has 2 amide bonds. The number of rotatable bonds is 4. The van der Waals surface area contributed by atoms with E-state index in [1.165, 1.54) is 17.0 Å². The molecule has 3 aromatic rings. The summed E-state index contributed by atoms with van der Waals surface area (Å²) in [5.74, 6) is -0.999. The van der Waals surface area contributed by atoms with E-state index in [4.69, 9.17) is 0 Å². The molecule has 0 bridgehead atoms. The van der Waals surface area contributed by atoms with Crippen LogP contribution >= 0.6 is 0 Å². The largest absolute Gasteiger partial charge is 0.506 e. The maximum atomic E-state index is 13.1. The van der Waals surface area contributed by atoms with Gasteiger partial charge in [-0.25, -0.2) is 4.39 Å². The SMILES string of the molecule is O=C(NCc1ccc(F)cc1)C1CCCN1C(=O)c1ccc2ccccc2c1O. The molecule has 1 saturated heterocycles. The standard InChI is InChI=1S/C23H21FN2O3/c24-17-10-7-15(8-11-17)14-25-22(28)20-6-3-13-26(20)23(29)19-12-9-16-4-1-2-5-18(16)21(19)27/h1-2,4-5,7-12,20,27H,3,6,13-14H2,(H,25,28). The Morgan fingerprint density at radius 2 is 1.83 bits per heavy atom. The number of aromatic hydroxyl groups is 1. The number of benzene rings is 3. The van der Waals surface area contributed by atoms with E-state index in [9.17, 15) is 19.1 Å². The summed E-state index contributed by atoms with van der Waals surface area (Å²) >= 11 is 0. The zero-order valence-corrected chi connectivity index (χ0v) is 15.8. The van der Waals surface area contributed by atoms with Crippen molar-refractivity contribution in [2.45, 2.75) is 25.4 Å². The molecule has 0 spiro atoms. The third-order valence-corrected chi connectivity index (χ3v) is 5.33. The summed E-state index contributed by atoms with van der Waals surface area (Å²) in [4.78, 5) is 27.3. The highest BCUT2D eigenvalue weighted by Gasteiger charge is 2.35. The first-order valence-corrected chi connectivity index (χ1v) is 9.58. The van der Waals surface area contributed by atoms with Crippen LogP contribution in [0.25, 0.3) is 10.8 Å². The Morgan fingerprint density at radius 1 is 1.07 bits per heavy atom. The predicted molar refractivity (Wildman–Crippen MR) is 108 cm³/mol. The molecule has 0 radical (unpaired) electrons. The van der Waals surface area contributed by atoms with Gasteiger partial charge in [0.15, 0.2) is 0 Å². The van der Waals surface area contributed by atoms with Crippen LogP contribution in [0.4, 0.5) is 4.39 Å². The number of nitrogens with zero attached hydrogens (tertiary/aromatic N) is 1. The Hall–Kier alpha value is -3.41. The maximum absolute atomic E-state index is 13.1. The molecule has 0 aromatic heterocycles. The zero-order valence-electron chi connectivity index (χ0n) is 15.8. The van der Waals surface area contributed by atoms with E-state index in [-0.39, 0.29) is 35.5 Å². The number of carbonyl (C=O) groups is 2. The average molecular weight is 392 g/mol. The van der Waals surface area contributed by atoms with Gasteiger partial charge in [-0.2, -0.15) is 0 Å². The molecule has 148 valence electrons. The molecule has 3 aromatic carbocycles. The van der Waals surface area contributed by atoms with Gasteiger partial charge in [0, 0.05) is 18.5 Å². The van der Waals surface area contributed by atoms with Crippen molar-refractivity contribution in [3.05, 3.63) is 77.6 Å². The fraction of sp³-hybridized carbons (Fsp3) is 0.217. The first-order valence-electron chi connectivity index (χ1n) is 9.58. The molecule has 4 rings (SSSR count). The maximum Gasteiger partial charge on any atom is 0.258 e. The van der Waals surface area contributed by atoms with E-state index >= 15 is 0 Å². The number of phenolic OH excluding ortho intramolecular Hbond substituents is 1. The molecule has 0 aliphatic carbocycles. The molecule has 29 heavy (non-hydrogen) atoms. The van der Waals surface area contributed by atoms with Crippen LogP contribution in [0.2, 0.25) is 0 Å². The van der Waals surface area contributed by atoms with Crippen molar-refractivity contribution in [2.75, 3.05) is 6.54 Å². The van der Waals surface area contributed by atoms with Crippen molar-refractivity contribution in [3.63, 3.8) is 0 Å². The molecular weight excluding hydrogens is 371 g/mol. The lowest BCUT2D eigenvalue weighted by molar-refractivity contribution is -0.125. The second-order valence-corrected chi connectivity index (χ2v) is 7.18. The normalized spacial score (nSPS) is 16.2. The molecule has 2 N–H and O–H groups in total. The number of fused-ring (bicyclic) bond motifs is 1. The van der Waals surface area contributed by atoms with Crippen molar-refractivity contribution in [1.29, 1.82) is 0 Å². The van der Waals surface area contributed by atoms with Crippen molar-refractivity contribution < 1.29 is 19.1 Å². The number of nitrogens with one attached hydrogen (secondary N) is 1. The third kappa shape index (κ3) is 3.78. The Morgan fingerprint density at radius 3 is 2.62 bits per heavy atom. The predicted octanol–water partition coefficient (Wildman–Crippen LogP) is 3.61. The molecule has 5 nitrogen and oxygen atoms in total. The Bertz CT molecular complexity index is 1070. The minimum atomic E-state index is -0.589. The van der Waals surface area contributed by atoms with Crippen LogP contribution in [-0.2, 0) is 11.3 Å². The number of likely N-dealkylation sites (tertiary alicyclic amines) is 1. The van der Waals surface area contributed by atoms with Gasteiger partial charge in [0.25, 0.3) is 5.91 Å². The lowest BCUT2D eigenvalue weighted by Gasteiger charge is -2.24. The van der Waals surface area contributed by atoms with Crippen molar-refractivity contribution >= 4 is 22.6 Å². The first-order chi connectivity index (χ1) is 14.0. The summed E-state index contributed by atoms with van der Waals surface area (Å²) in [5.41, 5.74) is 0.977. The average Bonchev–Trinajstić information content (AvgIpc) is 3.23. The third-order valence-electron chi connectivity index (χ3n) is 5.33. The number of phenols is 1. The highest BCUT2D eigenvalue weighted by molar-refractivity contribution is 6.05. The van der Waals surface area contributed by atoms with E-state index in [0.29, 0.717) is 24.8 Å².